The predicted molar refractivity (Wildman–Crippen MR) is 230 cm³/mol. The van der Waals surface area contributed by atoms with Crippen molar-refractivity contribution < 1.29 is 28.7 Å². The summed E-state index contributed by atoms with van der Waals surface area (Å²) in [6, 6.07) is 14.5. The van der Waals surface area contributed by atoms with Crippen molar-refractivity contribution in [2.45, 2.75) is 115 Å². The smallest absolute Gasteiger partial charge is 0.262 e. The quantitative estimate of drug-likeness (QED) is 0.170. The van der Waals surface area contributed by atoms with Crippen LogP contribution >= 0.6 is 11.6 Å². The lowest BCUT2D eigenvalue weighted by Gasteiger charge is -2.65. The number of hydrogen-bond acceptors (Lipinski definition) is 9. The molecule has 318 valence electrons. The van der Waals surface area contributed by atoms with E-state index in [0.717, 1.165) is 61.5 Å². The molecule has 6 heterocycles. The summed E-state index contributed by atoms with van der Waals surface area (Å²) in [6.45, 7) is 18.0. The zero-order chi connectivity index (χ0) is 43.4. The zero-order valence-electron chi connectivity index (χ0n) is 35.2. The van der Waals surface area contributed by atoms with Gasteiger partial charge >= 0.3 is 0 Å². The zero-order valence-corrected chi connectivity index (χ0v) is 36.0. The molecule has 5 fully saturated rings. The Labute approximate surface area is 365 Å². The van der Waals surface area contributed by atoms with Gasteiger partial charge in [-0.3, -0.25) is 39.1 Å². The number of halogens is 1. The van der Waals surface area contributed by atoms with Crippen molar-refractivity contribution >= 4 is 52.5 Å². The Balaban J connectivity index is 0.733. The van der Waals surface area contributed by atoms with Gasteiger partial charge in [-0.15, -0.1) is 0 Å². The molecule has 2 aromatic carbocycles. The van der Waals surface area contributed by atoms with E-state index in [2.05, 4.69) is 59.5 Å². The molecule has 2 bridgehead atoms. The minimum absolute atomic E-state index is 0.0182. The van der Waals surface area contributed by atoms with Crippen molar-refractivity contribution in [2.24, 2.45) is 16.7 Å². The SMILES string of the molecule is [C-]#[N+]c1ccc(OC2C(C)(C)C(N3Cc4nc(C#CC5CCC(N6CC7CC6CN7c6ccc7c(c6)C(=O)N(C6CCC(=O)NC6=O)C7=O)CC5)ccc4C3=O)C2(C)C)cc1Cl. The van der Waals surface area contributed by atoms with Gasteiger partial charge in [-0.1, -0.05) is 51.3 Å². The van der Waals surface area contributed by atoms with Crippen LogP contribution in [0.15, 0.2) is 48.5 Å². The molecule has 0 spiro atoms. The minimum atomic E-state index is -0.977. The Bertz CT molecular complexity index is 2570. The summed E-state index contributed by atoms with van der Waals surface area (Å²) in [5.41, 5.74) is 3.27. The van der Waals surface area contributed by atoms with Gasteiger partial charge in [-0.2, -0.15) is 0 Å². The third-order valence-corrected chi connectivity index (χ3v) is 15.1. The van der Waals surface area contributed by atoms with Gasteiger partial charge in [0.25, 0.3) is 17.7 Å². The number of amides is 5. The van der Waals surface area contributed by atoms with E-state index < -0.39 is 29.7 Å². The summed E-state index contributed by atoms with van der Waals surface area (Å²) >= 11 is 6.31. The number of aromatic nitrogens is 1. The van der Waals surface area contributed by atoms with Gasteiger partial charge in [-0.25, -0.2) is 9.83 Å². The second-order valence-corrected chi connectivity index (χ2v) is 19.6. The third kappa shape index (κ3) is 6.38. The number of rotatable bonds is 6. The topological polar surface area (TPSA) is 137 Å². The van der Waals surface area contributed by atoms with E-state index in [1.165, 1.54) is 0 Å². The highest BCUT2D eigenvalue weighted by atomic mass is 35.5. The fraction of sp³-hybridized carbons (Fsp3) is 0.479. The number of anilines is 1. The van der Waals surface area contributed by atoms with Gasteiger partial charge in [0, 0.05) is 66.1 Å². The van der Waals surface area contributed by atoms with Crippen molar-refractivity contribution in [2.75, 3.05) is 18.0 Å². The summed E-state index contributed by atoms with van der Waals surface area (Å²) in [6.07, 6.45) is 5.27. The maximum atomic E-state index is 13.8. The van der Waals surface area contributed by atoms with Crippen molar-refractivity contribution in [1.29, 1.82) is 0 Å². The molecule has 2 aliphatic carbocycles. The number of pyridine rings is 1. The van der Waals surface area contributed by atoms with Crippen LogP contribution in [0.2, 0.25) is 5.02 Å². The van der Waals surface area contributed by atoms with Crippen LogP contribution in [-0.2, 0) is 16.1 Å². The van der Waals surface area contributed by atoms with E-state index in [0.29, 0.717) is 63.5 Å². The van der Waals surface area contributed by atoms with Crippen LogP contribution in [0.5, 0.6) is 5.75 Å². The summed E-state index contributed by atoms with van der Waals surface area (Å²) < 4.78 is 6.48. The highest BCUT2D eigenvalue weighted by Crippen LogP contribution is 2.59. The average Bonchev–Trinajstić information content (AvgIpc) is 4.00. The van der Waals surface area contributed by atoms with Crippen molar-refractivity contribution in [3.63, 3.8) is 0 Å². The Kier molecular flexibility index (Phi) is 9.54. The molecule has 5 aliphatic heterocycles. The lowest BCUT2D eigenvalue weighted by Crippen LogP contribution is -2.74. The monoisotopic (exact) mass is 853 g/mol. The van der Waals surface area contributed by atoms with Crippen LogP contribution in [0, 0.1) is 35.2 Å². The number of fused-ring (bicyclic) bond motifs is 4. The molecule has 2 saturated carbocycles. The van der Waals surface area contributed by atoms with Gasteiger partial charge in [0.1, 0.15) is 23.6 Å². The van der Waals surface area contributed by atoms with Crippen LogP contribution < -0.4 is 15.0 Å². The molecule has 14 heteroatoms. The van der Waals surface area contributed by atoms with E-state index >= 15 is 0 Å². The normalized spacial score (nSPS) is 29.5. The number of ether oxygens (including phenoxy) is 1. The molecular formula is C48H48ClN7O6. The maximum Gasteiger partial charge on any atom is 0.262 e. The van der Waals surface area contributed by atoms with Gasteiger partial charge in [-0.05, 0) is 86.9 Å². The van der Waals surface area contributed by atoms with Gasteiger partial charge in [0.15, 0.2) is 0 Å². The molecule has 1 aromatic heterocycles. The number of carbonyl (C=O) groups excluding carboxylic acids is 5. The highest BCUT2D eigenvalue weighted by Gasteiger charge is 2.67. The standard InChI is InChI=1S/C48H48ClN7O6/c1-47(2)45(48(3,4)46(47)62-32-14-17-37(50-5)36(49)22-32)55-25-38-34(42(55)59)15-10-27(51-38)9-6-26-7-11-28(12-8-26)53-23-31-20-30(53)24-54(31)29-13-16-33-35(21-29)44(61)56(43(33)60)39-18-19-40(57)52-41(39)58/h10,13-17,21-22,26,28,30-31,39,45-46H,7-8,11-12,18-20,23-25H2,1-4H3,(H,52,57,58). The number of carbonyl (C=O) groups is 5. The molecule has 10 rings (SSSR count). The number of hydrogen-bond donors (Lipinski definition) is 1. The van der Waals surface area contributed by atoms with E-state index in [4.69, 9.17) is 27.9 Å². The Morgan fingerprint density at radius 1 is 0.823 bits per heavy atom. The summed E-state index contributed by atoms with van der Waals surface area (Å²) in [5, 5.41) is 2.61. The fourth-order valence-corrected chi connectivity index (χ4v) is 12.5. The summed E-state index contributed by atoms with van der Waals surface area (Å²) in [5.74, 6) is 5.78. The molecule has 1 N–H and O–H groups in total. The first-order chi connectivity index (χ1) is 29.6. The molecule has 3 unspecified atom stereocenters. The first-order valence-corrected chi connectivity index (χ1v) is 22.1. The number of piperidine rings is 1. The summed E-state index contributed by atoms with van der Waals surface area (Å²) in [7, 11) is 0. The first-order valence-electron chi connectivity index (χ1n) is 21.7. The van der Waals surface area contributed by atoms with Crippen LogP contribution in [0.1, 0.15) is 115 Å². The first kappa shape index (κ1) is 40.3. The highest BCUT2D eigenvalue weighted by molar-refractivity contribution is 6.33. The molecular weight excluding hydrogens is 806 g/mol. The Morgan fingerprint density at radius 2 is 1.56 bits per heavy atom. The lowest BCUT2D eigenvalue weighted by molar-refractivity contribution is -0.199. The largest absolute Gasteiger partial charge is 0.489 e. The second-order valence-electron chi connectivity index (χ2n) is 19.2. The molecule has 3 atom stereocenters. The number of likely N-dealkylation sites (tertiary alicyclic amines) is 1. The van der Waals surface area contributed by atoms with Gasteiger partial charge in [0.05, 0.1) is 40.5 Å². The molecule has 5 amide bonds. The maximum absolute atomic E-state index is 13.8. The number of piperazine rings is 1. The number of nitrogens with zero attached hydrogens (tertiary/aromatic N) is 6. The molecule has 3 saturated heterocycles. The van der Waals surface area contributed by atoms with Crippen LogP contribution in [0.4, 0.5) is 11.4 Å². The lowest BCUT2D eigenvalue weighted by atomic mass is 9.49. The third-order valence-electron chi connectivity index (χ3n) is 14.8. The average molecular weight is 854 g/mol. The molecule has 13 nitrogen and oxygen atoms in total. The van der Waals surface area contributed by atoms with Gasteiger partial charge in [0.2, 0.25) is 17.5 Å². The predicted octanol–water partition coefficient (Wildman–Crippen LogP) is 6.40. The van der Waals surface area contributed by atoms with Crippen molar-refractivity contribution in [1.82, 2.24) is 25.0 Å². The Morgan fingerprint density at radius 3 is 2.26 bits per heavy atom. The minimum Gasteiger partial charge on any atom is -0.489 e. The van der Waals surface area contributed by atoms with Crippen molar-refractivity contribution in [3.8, 4) is 17.6 Å². The van der Waals surface area contributed by atoms with E-state index in [9.17, 15) is 24.0 Å². The van der Waals surface area contributed by atoms with E-state index in [-0.39, 0.29) is 47.6 Å². The molecule has 0 radical (unpaired) electrons. The van der Waals surface area contributed by atoms with Crippen LogP contribution in [0.3, 0.4) is 0 Å². The number of benzene rings is 2. The second kappa shape index (κ2) is 14.7. The molecule has 7 aliphatic rings. The van der Waals surface area contributed by atoms with Gasteiger partial charge < -0.3 is 14.5 Å². The summed E-state index contributed by atoms with van der Waals surface area (Å²) in [4.78, 5) is 81.1. The van der Waals surface area contributed by atoms with E-state index in [1.54, 1.807) is 30.3 Å². The van der Waals surface area contributed by atoms with Crippen LogP contribution in [-0.4, -0.2) is 98.6 Å². The number of nitrogens with one attached hydrogen (secondary N) is 1. The van der Waals surface area contributed by atoms with Crippen LogP contribution in [0.25, 0.3) is 4.85 Å². The van der Waals surface area contributed by atoms with Crippen molar-refractivity contribution in [3.05, 3.63) is 93.0 Å². The fourth-order valence-electron chi connectivity index (χ4n) is 12.3. The van der Waals surface area contributed by atoms with E-state index in [1.807, 2.05) is 23.1 Å². The number of imide groups is 2. The molecule has 62 heavy (non-hydrogen) atoms. The Hall–Kier alpha value is -5.76. The molecule has 3 aromatic rings.